The van der Waals surface area contributed by atoms with Crippen LogP contribution in [-0.2, 0) is 9.53 Å². The van der Waals surface area contributed by atoms with Gasteiger partial charge >= 0.3 is 0 Å². The highest BCUT2D eigenvalue weighted by molar-refractivity contribution is 8.26. The highest BCUT2D eigenvalue weighted by Gasteiger charge is 2.31. The lowest BCUT2D eigenvalue weighted by Crippen LogP contribution is -2.29. The first-order valence-electron chi connectivity index (χ1n) is 5.50. The largest absolute Gasteiger partial charge is 0.385 e. The van der Waals surface area contributed by atoms with E-state index in [1.54, 1.807) is 23.3 Å². The van der Waals surface area contributed by atoms with E-state index in [9.17, 15) is 4.79 Å². The van der Waals surface area contributed by atoms with Crippen molar-refractivity contribution >= 4 is 51.6 Å². The van der Waals surface area contributed by atoms with Gasteiger partial charge < -0.3 is 4.74 Å². The van der Waals surface area contributed by atoms with Crippen LogP contribution in [0.3, 0.4) is 0 Å². The fourth-order valence-corrected chi connectivity index (χ4v) is 3.59. The molecule has 1 aliphatic heterocycles. The molecule has 2 rings (SSSR count). The molecule has 1 saturated heterocycles. The predicted molar refractivity (Wildman–Crippen MR) is 80.7 cm³/mol. The van der Waals surface area contributed by atoms with Crippen molar-refractivity contribution in [2.45, 2.75) is 6.42 Å². The lowest BCUT2D eigenvalue weighted by atomic mass is 10.3. The van der Waals surface area contributed by atoms with Gasteiger partial charge in [0.2, 0.25) is 0 Å². The molecular formula is C12H13NO2S3. The van der Waals surface area contributed by atoms with E-state index in [1.807, 2.05) is 23.6 Å². The number of thioether (sulfide) groups is 1. The maximum atomic E-state index is 12.1. The fourth-order valence-electron chi connectivity index (χ4n) is 1.56. The maximum Gasteiger partial charge on any atom is 0.266 e. The smallest absolute Gasteiger partial charge is 0.266 e. The third-order valence-electron chi connectivity index (χ3n) is 2.42. The predicted octanol–water partition coefficient (Wildman–Crippen LogP) is 2.99. The van der Waals surface area contributed by atoms with Crippen molar-refractivity contribution in [1.82, 2.24) is 4.90 Å². The molecular weight excluding hydrogens is 286 g/mol. The number of carbonyl (C=O) groups is 1. The minimum absolute atomic E-state index is 0.00880. The van der Waals surface area contributed by atoms with E-state index in [1.165, 1.54) is 11.8 Å². The van der Waals surface area contributed by atoms with Crippen LogP contribution in [0, 0.1) is 0 Å². The van der Waals surface area contributed by atoms with Gasteiger partial charge in [0.25, 0.3) is 5.91 Å². The van der Waals surface area contributed by atoms with E-state index in [4.69, 9.17) is 17.0 Å². The number of amides is 1. The van der Waals surface area contributed by atoms with Crippen molar-refractivity contribution in [2.24, 2.45) is 0 Å². The molecule has 1 aliphatic rings. The number of nitrogens with zero attached hydrogens (tertiary/aromatic N) is 1. The van der Waals surface area contributed by atoms with Crippen LogP contribution in [0.1, 0.15) is 11.3 Å². The van der Waals surface area contributed by atoms with Crippen molar-refractivity contribution in [3.05, 3.63) is 27.3 Å². The van der Waals surface area contributed by atoms with E-state index >= 15 is 0 Å². The molecule has 0 aliphatic carbocycles. The second-order valence-electron chi connectivity index (χ2n) is 3.70. The summed E-state index contributed by atoms with van der Waals surface area (Å²) in [5, 5.41) is 1.99. The van der Waals surface area contributed by atoms with Crippen LogP contribution >= 0.6 is 35.3 Å². The molecule has 0 unspecified atom stereocenters. The number of methoxy groups -OCH3 is 1. The number of thiocarbonyl (C=S) groups is 1. The average Bonchev–Trinajstić information content (AvgIpc) is 2.93. The second-order valence-corrected chi connectivity index (χ2v) is 6.35. The van der Waals surface area contributed by atoms with Gasteiger partial charge in [-0.25, -0.2) is 0 Å². The van der Waals surface area contributed by atoms with Gasteiger partial charge in [0.1, 0.15) is 4.32 Å². The number of carbonyl (C=O) groups excluding carboxylic acids is 1. The molecule has 0 saturated carbocycles. The molecule has 1 fully saturated rings. The molecule has 0 N–H and O–H groups in total. The molecule has 0 aromatic carbocycles. The minimum atomic E-state index is 0.00880. The minimum Gasteiger partial charge on any atom is -0.385 e. The summed E-state index contributed by atoms with van der Waals surface area (Å²) in [6, 6.07) is 3.96. The molecule has 3 nitrogen and oxygen atoms in total. The van der Waals surface area contributed by atoms with Crippen LogP contribution in [0.5, 0.6) is 0 Å². The highest BCUT2D eigenvalue weighted by atomic mass is 32.2. The number of rotatable bonds is 5. The number of ether oxygens (including phenoxy) is 1. The SMILES string of the molecule is COCCCN1C(=O)/C(=C/c2cccs2)SC1=S. The normalized spacial score (nSPS) is 18.1. The van der Waals surface area contributed by atoms with E-state index < -0.39 is 0 Å². The molecule has 2 heterocycles. The van der Waals surface area contributed by atoms with Gasteiger partial charge in [-0.15, -0.1) is 11.3 Å². The summed E-state index contributed by atoms with van der Waals surface area (Å²) in [6.45, 7) is 1.27. The van der Waals surface area contributed by atoms with E-state index in [0.717, 1.165) is 11.3 Å². The topological polar surface area (TPSA) is 29.5 Å². The van der Waals surface area contributed by atoms with E-state index in [2.05, 4.69) is 0 Å². The Bertz CT molecular complexity index is 468. The van der Waals surface area contributed by atoms with Gasteiger partial charge in [0, 0.05) is 25.1 Å². The summed E-state index contributed by atoms with van der Waals surface area (Å²) in [5.74, 6) is 0.00880. The first-order valence-corrected chi connectivity index (χ1v) is 7.60. The van der Waals surface area contributed by atoms with E-state index in [-0.39, 0.29) is 5.91 Å². The summed E-state index contributed by atoms with van der Waals surface area (Å²) in [5.41, 5.74) is 0. The van der Waals surface area contributed by atoms with Gasteiger partial charge in [0.15, 0.2) is 0 Å². The first-order chi connectivity index (χ1) is 8.72. The van der Waals surface area contributed by atoms with E-state index in [0.29, 0.717) is 22.4 Å². The lowest BCUT2D eigenvalue weighted by molar-refractivity contribution is -0.122. The van der Waals surface area contributed by atoms with Crippen LogP contribution in [-0.4, -0.2) is 35.4 Å². The van der Waals surface area contributed by atoms with Gasteiger partial charge in [-0.2, -0.15) is 0 Å². The maximum absolute atomic E-state index is 12.1. The van der Waals surface area contributed by atoms with Gasteiger partial charge in [0.05, 0.1) is 4.91 Å². The third kappa shape index (κ3) is 3.20. The molecule has 0 radical (unpaired) electrons. The Labute approximate surface area is 120 Å². The Balaban J connectivity index is 2.04. The molecule has 6 heteroatoms. The van der Waals surface area contributed by atoms with Crippen LogP contribution in [0.25, 0.3) is 6.08 Å². The summed E-state index contributed by atoms with van der Waals surface area (Å²) in [7, 11) is 1.65. The average molecular weight is 299 g/mol. The highest BCUT2D eigenvalue weighted by Crippen LogP contribution is 2.33. The van der Waals surface area contributed by atoms with Gasteiger partial charge in [-0.3, -0.25) is 9.69 Å². The van der Waals surface area contributed by atoms with Gasteiger partial charge in [-0.05, 0) is 23.9 Å². The Hall–Kier alpha value is -0.690. The molecule has 18 heavy (non-hydrogen) atoms. The zero-order chi connectivity index (χ0) is 13.0. The van der Waals surface area contributed by atoms with Crippen molar-refractivity contribution in [3.8, 4) is 0 Å². The molecule has 1 aromatic heterocycles. The molecule has 1 aromatic rings. The Morgan fingerprint density at radius 2 is 2.39 bits per heavy atom. The fraction of sp³-hybridized carbons (Fsp3) is 0.333. The molecule has 1 amide bonds. The van der Waals surface area contributed by atoms with Crippen molar-refractivity contribution in [3.63, 3.8) is 0 Å². The quantitative estimate of drug-likeness (QED) is 0.475. The monoisotopic (exact) mass is 299 g/mol. The molecule has 0 bridgehead atoms. The second kappa shape index (κ2) is 6.47. The molecule has 96 valence electrons. The third-order valence-corrected chi connectivity index (χ3v) is 4.62. The molecule has 0 atom stereocenters. The van der Waals surface area contributed by atoms with Crippen LogP contribution in [0.4, 0.5) is 0 Å². The Morgan fingerprint density at radius 3 is 3.06 bits per heavy atom. The van der Waals surface area contributed by atoms with Crippen molar-refractivity contribution < 1.29 is 9.53 Å². The first kappa shape index (κ1) is 13.7. The van der Waals surface area contributed by atoms with Crippen LogP contribution in [0.15, 0.2) is 22.4 Å². The Kier molecular flexibility index (Phi) is 4.94. The number of hydrogen-bond acceptors (Lipinski definition) is 5. The zero-order valence-corrected chi connectivity index (χ0v) is 12.4. The number of hydrogen-bond donors (Lipinski definition) is 0. The van der Waals surface area contributed by atoms with Crippen molar-refractivity contribution in [1.29, 1.82) is 0 Å². The zero-order valence-electron chi connectivity index (χ0n) is 9.92. The molecule has 0 spiro atoms. The van der Waals surface area contributed by atoms with Crippen LogP contribution < -0.4 is 0 Å². The van der Waals surface area contributed by atoms with Gasteiger partial charge in [-0.1, -0.05) is 30.0 Å². The summed E-state index contributed by atoms with van der Waals surface area (Å²) in [6.07, 6.45) is 2.70. The number of thiophene rings is 1. The van der Waals surface area contributed by atoms with Crippen molar-refractivity contribution in [2.75, 3.05) is 20.3 Å². The lowest BCUT2D eigenvalue weighted by Gasteiger charge is -2.13. The summed E-state index contributed by atoms with van der Waals surface area (Å²) < 4.78 is 5.62. The summed E-state index contributed by atoms with van der Waals surface area (Å²) >= 11 is 8.21. The Morgan fingerprint density at radius 1 is 1.56 bits per heavy atom. The summed E-state index contributed by atoms with van der Waals surface area (Å²) in [4.78, 5) is 15.6. The van der Waals surface area contributed by atoms with Crippen LogP contribution in [0.2, 0.25) is 0 Å². The standard InChI is InChI=1S/C12H13NO2S3/c1-15-6-3-5-13-11(14)10(18-12(13)16)8-9-4-2-7-17-9/h2,4,7-8H,3,5-6H2,1H3/b10-8-.